The van der Waals surface area contributed by atoms with Crippen molar-refractivity contribution in [2.45, 2.75) is 64.5 Å². The highest BCUT2D eigenvalue weighted by Gasteiger charge is 2.42. The molecule has 4 rings (SSSR count). The molecule has 0 aliphatic carbocycles. The average Bonchev–Trinajstić information content (AvgIpc) is 3.29. The van der Waals surface area contributed by atoms with Crippen LogP contribution in [0, 0.1) is 20.8 Å². The zero-order valence-corrected chi connectivity index (χ0v) is 17.0. The van der Waals surface area contributed by atoms with Gasteiger partial charge in [-0.1, -0.05) is 35.0 Å². The SMILES string of the molecule is Cc1cccc(CC(=O)N2CCCCC2C2NNCC2c2onc(C)c2C)c1. The molecule has 3 heterocycles. The van der Waals surface area contributed by atoms with E-state index in [0.29, 0.717) is 6.42 Å². The Hall–Kier alpha value is -2.18. The Morgan fingerprint density at radius 3 is 2.89 bits per heavy atom. The van der Waals surface area contributed by atoms with Crippen LogP contribution >= 0.6 is 0 Å². The number of hydrazine groups is 1. The Morgan fingerprint density at radius 1 is 1.29 bits per heavy atom. The Morgan fingerprint density at radius 2 is 2.14 bits per heavy atom. The van der Waals surface area contributed by atoms with E-state index in [-0.39, 0.29) is 23.9 Å². The normalized spacial score (nSPS) is 25.2. The minimum Gasteiger partial charge on any atom is -0.360 e. The van der Waals surface area contributed by atoms with Gasteiger partial charge in [0.1, 0.15) is 5.76 Å². The molecule has 150 valence electrons. The van der Waals surface area contributed by atoms with E-state index in [1.807, 2.05) is 19.1 Å². The third-order valence-electron chi connectivity index (χ3n) is 6.28. The van der Waals surface area contributed by atoms with E-state index in [2.05, 4.69) is 46.9 Å². The number of carbonyl (C=O) groups excluding carboxylic acids is 1. The van der Waals surface area contributed by atoms with Gasteiger partial charge in [-0.25, -0.2) is 0 Å². The van der Waals surface area contributed by atoms with Gasteiger partial charge in [0, 0.05) is 24.7 Å². The highest BCUT2D eigenvalue weighted by atomic mass is 16.5. The van der Waals surface area contributed by atoms with Crippen molar-refractivity contribution >= 4 is 5.91 Å². The van der Waals surface area contributed by atoms with Crippen molar-refractivity contribution in [3.63, 3.8) is 0 Å². The van der Waals surface area contributed by atoms with E-state index in [1.165, 1.54) is 5.56 Å². The maximum Gasteiger partial charge on any atom is 0.227 e. The van der Waals surface area contributed by atoms with Crippen LogP contribution in [-0.2, 0) is 11.2 Å². The molecular weight excluding hydrogens is 352 g/mol. The van der Waals surface area contributed by atoms with Crippen molar-refractivity contribution in [3.05, 3.63) is 52.4 Å². The number of benzene rings is 1. The molecule has 6 nitrogen and oxygen atoms in total. The fraction of sp³-hybridized carbons (Fsp3) is 0.545. The van der Waals surface area contributed by atoms with Crippen molar-refractivity contribution in [1.82, 2.24) is 20.9 Å². The summed E-state index contributed by atoms with van der Waals surface area (Å²) in [7, 11) is 0. The number of rotatable bonds is 4. The lowest BCUT2D eigenvalue weighted by atomic mass is 9.85. The smallest absolute Gasteiger partial charge is 0.227 e. The molecule has 2 N–H and O–H groups in total. The van der Waals surface area contributed by atoms with Gasteiger partial charge in [-0.05, 0) is 45.6 Å². The molecule has 0 spiro atoms. The fourth-order valence-corrected chi connectivity index (χ4v) is 4.65. The van der Waals surface area contributed by atoms with Crippen LogP contribution < -0.4 is 10.9 Å². The molecule has 28 heavy (non-hydrogen) atoms. The summed E-state index contributed by atoms with van der Waals surface area (Å²) in [5.41, 5.74) is 11.1. The Bertz CT molecular complexity index is 847. The summed E-state index contributed by atoms with van der Waals surface area (Å²) in [6.45, 7) is 7.73. The van der Waals surface area contributed by atoms with Crippen LogP contribution in [0.4, 0.5) is 0 Å². The topological polar surface area (TPSA) is 70.4 Å². The number of nitrogens with one attached hydrogen (secondary N) is 2. The molecule has 1 amide bonds. The van der Waals surface area contributed by atoms with Crippen LogP contribution in [0.3, 0.4) is 0 Å². The minimum atomic E-state index is 0.132. The van der Waals surface area contributed by atoms with Crippen molar-refractivity contribution in [1.29, 1.82) is 0 Å². The van der Waals surface area contributed by atoms with E-state index in [4.69, 9.17) is 4.52 Å². The predicted octanol–water partition coefficient (Wildman–Crippen LogP) is 2.78. The molecule has 0 radical (unpaired) electrons. The van der Waals surface area contributed by atoms with Gasteiger partial charge in [0.15, 0.2) is 0 Å². The number of hydrogen-bond acceptors (Lipinski definition) is 5. The van der Waals surface area contributed by atoms with Crippen molar-refractivity contribution in [3.8, 4) is 0 Å². The largest absolute Gasteiger partial charge is 0.360 e. The predicted molar refractivity (Wildman–Crippen MR) is 108 cm³/mol. The molecule has 2 aliphatic heterocycles. The molecule has 0 saturated carbocycles. The fourth-order valence-electron chi connectivity index (χ4n) is 4.65. The van der Waals surface area contributed by atoms with Gasteiger partial charge >= 0.3 is 0 Å². The van der Waals surface area contributed by atoms with E-state index in [9.17, 15) is 4.79 Å². The van der Waals surface area contributed by atoms with Crippen molar-refractivity contribution in [2.24, 2.45) is 0 Å². The lowest BCUT2D eigenvalue weighted by molar-refractivity contribution is -0.135. The monoisotopic (exact) mass is 382 g/mol. The first-order valence-electron chi connectivity index (χ1n) is 10.3. The summed E-state index contributed by atoms with van der Waals surface area (Å²) in [6.07, 6.45) is 3.70. The van der Waals surface area contributed by atoms with Crippen LogP contribution in [0.2, 0.25) is 0 Å². The molecule has 1 aromatic heterocycles. The molecule has 0 bridgehead atoms. The summed E-state index contributed by atoms with van der Waals surface area (Å²) < 4.78 is 5.67. The quantitative estimate of drug-likeness (QED) is 0.851. The molecule has 3 unspecified atom stereocenters. The number of likely N-dealkylation sites (tertiary alicyclic amines) is 1. The molecule has 6 heteroatoms. The molecule has 2 aliphatic rings. The van der Waals surface area contributed by atoms with Gasteiger partial charge in [0.2, 0.25) is 5.91 Å². The molecule has 3 atom stereocenters. The first-order valence-corrected chi connectivity index (χ1v) is 10.3. The van der Waals surface area contributed by atoms with Crippen LogP contribution in [-0.4, -0.2) is 41.1 Å². The third kappa shape index (κ3) is 3.71. The standard InChI is InChI=1S/C22H30N4O2/c1-14-7-6-8-17(11-14)12-20(27)26-10-5-4-9-19(26)21-18(13-23-24-21)22-15(2)16(3)25-28-22/h6-8,11,18-19,21,23-24H,4-5,9-10,12-13H2,1-3H3. The summed E-state index contributed by atoms with van der Waals surface area (Å²) in [4.78, 5) is 15.3. The Balaban J connectivity index is 1.54. The molecule has 2 saturated heterocycles. The zero-order valence-electron chi connectivity index (χ0n) is 17.0. The van der Waals surface area contributed by atoms with Gasteiger partial charge in [0.05, 0.1) is 24.1 Å². The summed E-state index contributed by atoms with van der Waals surface area (Å²) in [6, 6.07) is 8.54. The Kier molecular flexibility index (Phi) is 5.51. The van der Waals surface area contributed by atoms with E-state index < -0.39 is 0 Å². The molecule has 2 aromatic rings. The molecule has 1 aromatic carbocycles. The lowest BCUT2D eigenvalue weighted by Gasteiger charge is -2.40. The van der Waals surface area contributed by atoms with Crippen LogP contribution in [0.25, 0.3) is 0 Å². The lowest BCUT2D eigenvalue weighted by Crippen LogP contribution is -2.55. The van der Waals surface area contributed by atoms with Gasteiger partial charge in [-0.3, -0.25) is 15.6 Å². The maximum absolute atomic E-state index is 13.2. The van der Waals surface area contributed by atoms with E-state index >= 15 is 0 Å². The third-order valence-corrected chi connectivity index (χ3v) is 6.28. The van der Waals surface area contributed by atoms with Crippen LogP contribution in [0.5, 0.6) is 0 Å². The summed E-state index contributed by atoms with van der Waals surface area (Å²) in [5, 5.41) is 4.15. The van der Waals surface area contributed by atoms with Gasteiger partial charge < -0.3 is 9.42 Å². The highest BCUT2D eigenvalue weighted by Crippen LogP contribution is 2.33. The second-order valence-corrected chi connectivity index (χ2v) is 8.23. The number of hydrogen-bond donors (Lipinski definition) is 2. The number of nitrogens with zero attached hydrogens (tertiary/aromatic N) is 2. The van der Waals surface area contributed by atoms with Gasteiger partial charge in [0.25, 0.3) is 0 Å². The second-order valence-electron chi connectivity index (χ2n) is 8.23. The van der Waals surface area contributed by atoms with E-state index in [1.54, 1.807) is 0 Å². The number of carbonyl (C=O) groups is 1. The van der Waals surface area contributed by atoms with Crippen LogP contribution in [0.15, 0.2) is 28.8 Å². The van der Waals surface area contributed by atoms with Crippen molar-refractivity contribution in [2.75, 3.05) is 13.1 Å². The number of aryl methyl sites for hydroxylation is 2. The number of aromatic nitrogens is 1. The summed E-state index contributed by atoms with van der Waals surface area (Å²) >= 11 is 0. The minimum absolute atomic E-state index is 0.132. The average molecular weight is 383 g/mol. The van der Waals surface area contributed by atoms with Crippen LogP contribution in [0.1, 0.15) is 53.3 Å². The number of amides is 1. The molecule has 2 fully saturated rings. The first kappa shape index (κ1) is 19.2. The van der Waals surface area contributed by atoms with Gasteiger partial charge in [-0.2, -0.15) is 0 Å². The highest BCUT2D eigenvalue weighted by molar-refractivity contribution is 5.79. The summed E-state index contributed by atoms with van der Waals surface area (Å²) in [5.74, 6) is 1.34. The second kappa shape index (κ2) is 8.05. The number of piperidine rings is 1. The molecular formula is C22H30N4O2. The zero-order chi connectivity index (χ0) is 19.7. The first-order chi connectivity index (χ1) is 13.5. The van der Waals surface area contributed by atoms with E-state index in [0.717, 1.165) is 54.9 Å². The van der Waals surface area contributed by atoms with Gasteiger partial charge in [-0.15, -0.1) is 0 Å². The van der Waals surface area contributed by atoms with Crippen molar-refractivity contribution < 1.29 is 9.32 Å². The maximum atomic E-state index is 13.2. The Labute approximate surface area is 166 Å².